The molecular weight excluding hydrogens is 296 g/mol. The van der Waals surface area contributed by atoms with Gasteiger partial charge in [0.15, 0.2) is 0 Å². The van der Waals surface area contributed by atoms with E-state index in [9.17, 15) is 9.50 Å². The Labute approximate surface area is 109 Å². The number of aliphatic hydroxyl groups is 1. The summed E-state index contributed by atoms with van der Waals surface area (Å²) in [6.07, 6.45) is 1.46. The van der Waals surface area contributed by atoms with Crippen LogP contribution in [0.1, 0.15) is 24.4 Å². The second-order valence-corrected chi connectivity index (χ2v) is 4.79. The summed E-state index contributed by atoms with van der Waals surface area (Å²) in [4.78, 5) is 0. The lowest BCUT2D eigenvalue weighted by atomic mass is 9.99. The Balaban J connectivity index is 0.00000128. The number of aliphatic hydroxyl groups excluding tert-OH is 1. The van der Waals surface area contributed by atoms with Crippen LogP contribution in [0, 0.1) is 11.7 Å². The van der Waals surface area contributed by atoms with Crippen LogP contribution in [0.3, 0.4) is 0 Å². The molecule has 0 aromatic heterocycles. The largest absolute Gasteiger partial charge is 0.391 e. The average Bonchev–Trinajstić information content (AvgIpc) is 3.03. The summed E-state index contributed by atoms with van der Waals surface area (Å²) in [5, 5.41) is 9.86. The van der Waals surface area contributed by atoms with Crippen LogP contribution in [0.25, 0.3) is 0 Å². The standard InChI is InChI=1S/C11H13BrFNO.ClH/c12-9-7(2-1-3-8(9)13)10(14)11(15)6-4-5-6;/h1-3,6,10-11,15H,4-5,14H2;1H/t10-,11+;/m1./s1. The van der Waals surface area contributed by atoms with Crippen molar-refractivity contribution in [3.63, 3.8) is 0 Å². The van der Waals surface area contributed by atoms with E-state index >= 15 is 0 Å². The second kappa shape index (κ2) is 5.45. The Morgan fingerprint density at radius 3 is 2.62 bits per heavy atom. The van der Waals surface area contributed by atoms with Crippen molar-refractivity contribution < 1.29 is 9.50 Å². The van der Waals surface area contributed by atoms with E-state index < -0.39 is 12.1 Å². The molecule has 16 heavy (non-hydrogen) atoms. The maximum Gasteiger partial charge on any atom is 0.137 e. The monoisotopic (exact) mass is 309 g/mol. The molecule has 1 fully saturated rings. The van der Waals surface area contributed by atoms with Gasteiger partial charge in [-0.3, -0.25) is 0 Å². The molecule has 5 heteroatoms. The van der Waals surface area contributed by atoms with Crippen molar-refractivity contribution in [2.24, 2.45) is 11.7 Å². The summed E-state index contributed by atoms with van der Waals surface area (Å²) < 4.78 is 13.6. The molecule has 0 radical (unpaired) electrons. The maximum absolute atomic E-state index is 13.2. The van der Waals surface area contributed by atoms with Gasteiger partial charge in [-0.1, -0.05) is 12.1 Å². The maximum atomic E-state index is 13.2. The number of rotatable bonds is 3. The van der Waals surface area contributed by atoms with Gasteiger partial charge in [-0.05, 0) is 46.3 Å². The summed E-state index contributed by atoms with van der Waals surface area (Å²) in [6.45, 7) is 0. The topological polar surface area (TPSA) is 46.2 Å². The van der Waals surface area contributed by atoms with Gasteiger partial charge in [-0.2, -0.15) is 0 Å². The normalized spacial score (nSPS) is 18.8. The zero-order valence-corrected chi connectivity index (χ0v) is 11.0. The molecule has 0 unspecified atom stereocenters. The van der Waals surface area contributed by atoms with Crippen LogP contribution in [0.2, 0.25) is 0 Å². The Morgan fingerprint density at radius 1 is 1.44 bits per heavy atom. The lowest BCUT2D eigenvalue weighted by molar-refractivity contribution is 0.122. The van der Waals surface area contributed by atoms with Gasteiger partial charge >= 0.3 is 0 Å². The summed E-state index contributed by atoms with van der Waals surface area (Å²) in [5.74, 6) is -0.0545. The molecule has 0 saturated heterocycles. The summed E-state index contributed by atoms with van der Waals surface area (Å²) >= 11 is 3.15. The van der Waals surface area contributed by atoms with Crippen LogP contribution in [0.15, 0.2) is 22.7 Å². The van der Waals surface area contributed by atoms with E-state index in [1.165, 1.54) is 6.07 Å². The fraction of sp³-hybridized carbons (Fsp3) is 0.455. The van der Waals surface area contributed by atoms with Gasteiger partial charge in [0.1, 0.15) is 5.82 Å². The number of benzene rings is 1. The van der Waals surface area contributed by atoms with E-state index in [4.69, 9.17) is 5.73 Å². The zero-order chi connectivity index (χ0) is 11.0. The molecule has 2 atom stereocenters. The molecule has 2 rings (SSSR count). The molecule has 0 bridgehead atoms. The zero-order valence-electron chi connectivity index (χ0n) is 8.57. The fourth-order valence-electron chi connectivity index (χ4n) is 1.69. The first-order valence-corrected chi connectivity index (χ1v) is 5.78. The minimum atomic E-state index is -0.567. The van der Waals surface area contributed by atoms with Gasteiger partial charge in [-0.25, -0.2) is 4.39 Å². The molecule has 1 saturated carbocycles. The highest BCUT2D eigenvalue weighted by Crippen LogP contribution is 2.38. The average molecular weight is 311 g/mol. The number of halogens is 3. The van der Waals surface area contributed by atoms with Crippen molar-refractivity contribution in [3.8, 4) is 0 Å². The first-order chi connectivity index (χ1) is 7.11. The molecular formula is C11H14BrClFNO. The third-order valence-corrected chi connectivity index (χ3v) is 3.65. The van der Waals surface area contributed by atoms with Crippen LogP contribution in [-0.4, -0.2) is 11.2 Å². The number of nitrogens with two attached hydrogens (primary N) is 1. The quantitative estimate of drug-likeness (QED) is 0.902. The molecule has 1 aliphatic carbocycles. The highest BCUT2D eigenvalue weighted by Gasteiger charge is 2.35. The van der Waals surface area contributed by atoms with Gasteiger partial charge in [0, 0.05) is 0 Å². The molecule has 0 aliphatic heterocycles. The molecule has 1 aliphatic rings. The van der Waals surface area contributed by atoms with Gasteiger partial charge in [0.2, 0.25) is 0 Å². The van der Waals surface area contributed by atoms with Crippen LogP contribution < -0.4 is 5.73 Å². The van der Waals surface area contributed by atoms with E-state index in [0.717, 1.165) is 12.8 Å². The van der Waals surface area contributed by atoms with Crippen LogP contribution >= 0.6 is 28.3 Å². The molecule has 0 heterocycles. The van der Waals surface area contributed by atoms with Gasteiger partial charge in [0.25, 0.3) is 0 Å². The lowest BCUT2D eigenvalue weighted by Crippen LogP contribution is -2.28. The van der Waals surface area contributed by atoms with E-state index in [-0.39, 0.29) is 24.1 Å². The van der Waals surface area contributed by atoms with Crippen molar-refractivity contribution in [2.75, 3.05) is 0 Å². The van der Waals surface area contributed by atoms with E-state index in [1.54, 1.807) is 12.1 Å². The Hall–Kier alpha value is -0.160. The van der Waals surface area contributed by atoms with Crippen LogP contribution in [0.4, 0.5) is 4.39 Å². The molecule has 1 aromatic rings. The van der Waals surface area contributed by atoms with Crippen LogP contribution in [0.5, 0.6) is 0 Å². The van der Waals surface area contributed by atoms with E-state index in [0.29, 0.717) is 10.0 Å². The molecule has 1 aromatic carbocycles. The predicted octanol–water partition coefficient (Wildman–Crippen LogP) is 2.78. The van der Waals surface area contributed by atoms with Gasteiger partial charge < -0.3 is 10.8 Å². The lowest BCUT2D eigenvalue weighted by Gasteiger charge is -2.20. The fourth-order valence-corrected chi connectivity index (χ4v) is 2.22. The third-order valence-electron chi connectivity index (χ3n) is 2.81. The second-order valence-electron chi connectivity index (χ2n) is 4.00. The van der Waals surface area contributed by atoms with Gasteiger partial charge in [-0.15, -0.1) is 12.4 Å². The molecule has 0 amide bonds. The Kier molecular flexibility index (Phi) is 4.73. The van der Waals surface area contributed by atoms with Crippen molar-refractivity contribution in [1.29, 1.82) is 0 Å². The van der Waals surface area contributed by atoms with Crippen molar-refractivity contribution in [1.82, 2.24) is 0 Å². The minimum Gasteiger partial charge on any atom is -0.391 e. The predicted molar refractivity (Wildman–Crippen MR) is 67.0 cm³/mol. The summed E-state index contributed by atoms with van der Waals surface area (Å²) in [5.41, 5.74) is 6.54. The first kappa shape index (κ1) is 13.9. The summed E-state index contributed by atoms with van der Waals surface area (Å²) in [7, 11) is 0. The van der Waals surface area contributed by atoms with E-state index in [2.05, 4.69) is 15.9 Å². The highest BCUT2D eigenvalue weighted by molar-refractivity contribution is 9.10. The smallest absolute Gasteiger partial charge is 0.137 e. The molecule has 2 nitrogen and oxygen atoms in total. The highest BCUT2D eigenvalue weighted by atomic mass is 79.9. The van der Waals surface area contributed by atoms with Crippen molar-refractivity contribution in [2.45, 2.75) is 25.0 Å². The first-order valence-electron chi connectivity index (χ1n) is 4.99. The molecule has 90 valence electrons. The Bertz CT molecular complexity index is 373. The Morgan fingerprint density at radius 2 is 2.06 bits per heavy atom. The van der Waals surface area contributed by atoms with E-state index in [1.807, 2.05) is 0 Å². The van der Waals surface area contributed by atoms with Crippen molar-refractivity contribution >= 4 is 28.3 Å². The molecule has 3 N–H and O–H groups in total. The van der Waals surface area contributed by atoms with Gasteiger partial charge in [0.05, 0.1) is 16.6 Å². The van der Waals surface area contributed by atoms with Crippen LogP contribution in [-0.2, 0) is 0 Å². The number of hydrogen-bond donors (Lipinski definition) is 2. The SMILES string of the molecule is Cl.N[C@H](c1cccc(F)c1Br)[C@@H](O)C1CC1. The minimum absolute atomic E-state index is 0. The molecule has 0 spiro atoms. The number of hydrogen-bond acceptors (Lipinski definition) is 2. The van der Waals surface area contributed by atoms with Crippen molar-refractivity contribution in [3.05, 3.63) is 34.1 Å². The summed E-state index contributed by atoms with van der Waals surface area (Å²) in [6, 6.07) is 4.20. The third kappa shape index (κ3) is 2.74.